The zero-order valence-corrected chi connectivity index (χ0v) is 41.8. The molecule has 6 amide bonds. The summed E-state index contributed by atoms with van der Waals surface area (Å²) in [5.74, 6) is -5.67. The van der Waals surface area contributed by atoms with Gasteiger partial charge in [0, 0.05) is 38.1 Å². The van der Waals surface area contributed by atoms with Crippen molar-refractivity contribution in [2.75, 3.05) is 33.8 Å². The molecule has 1 aliphatic rings. The number of aliphatic hydroxyl groups excluding tert-OH is 4. The van der Waals surface area contributed by atoms with Crippen molar-refractivity contribution < 1.29 is 73.7 Å². The molecule has 0 aromatic heterocycles. The molecule has 1 saturated heterocycles. The summed E-state index contributed by atoms with van der Waals surface area (Å²) in [5, 5.41) is 71.2. The third-order valence-electron chi connectivity index (χ3n) is 12.4. The van der Waals surface area contributed by atoms with Crippen molar-refractivity contribution in [3.05, 3.63) is 48.0 Å². The fraction of sp³-hybridized carbons (Fsp3) is 0.620. The second-order valence-electron chi connectivity index (χ2n) is 18.2. The molecule has 21 nitrogen and oxygen atoms in total. The number of rotatable bonds is 30. The number of amides is 6. The Morgan fingerprint density at radius 2 is 1.34 bits per heavy atom. The van der Waals surface area contributed by atoms with Crippen molar-refractivity contribution in [2.45, 2.75) is 166 Å². The third-order valence-corrected chi connectivity index (χ3v) is 12.4. The topological polar surface area (TPSA) is 314 Å². The molecule has 3 rings (SSSR count). The number of carboxylic acids is 1. The van der Waals surface area contributed by atoms with E-state index in [0.29, 0.717) is 17.5 Å². The number of phenols is 1. The van der Waals surface area contributed by atoms with Crippen LogP contribution in [-0.2, 0) is 44.7 Å². The maximum absolute atomic E-state index is 13.1. The molecule has 1 heterocycles. The van der Waals surface area contributed by atoms with Crippen LogP contribution in [0.1, 0.15) is 110 Å². The van der Waals surface area contributed by atoms with Gasteiger partial charge in [-0.1, -0.05) is 95.4 Å². The number of carboxylic acid groups (broad SMARTS) is 1. The highest BCUT2D eigenvalue weighted by Crippen LogP contribution is 2.38. The fourth-order valence-electron chi connectivity index (χ4n) is 7.84. The molecule has 0 bridgehead atoms. The zero-order valence-electron chi connectivity index (χ0n) is 41.8. The number of hydrogen-bond donors (Lipinski definition) is 10. The molecule has 0 saturated carbocycles. The van der Waals surface area contributed by atoms with Gasteiger partial charge in [0.25, 0.3) is 0 Å². The molecule has 21 heteroatoms. The third kappa shape index (κ3) is 19.0. The van der Waals surface area contributed by atoms with E-state index >= 15 is 0 Å². The summed E-state index contributed by atoms with van der Waals surface area (Å²) in [6.45, 7) is 4.57. The highest BCUT2D eigenvalue weighted by atomic mass is 16.7. The first-order valence-electron chi connectivity index (χ1n) is 24.5. The number of aromatic hydroxyl groups is 1. The predicted octanol–water partition coefficient (Wildman–Crippen LogP) is 1.48. The molecule has 71 heavy (non-hydrogen) atoms. The lowest BCUT2D eigenvalue weighted by Crippen LogP contribution is -2.58. The lowest BCUT2D eigenvalue weighted by atomic mass is 9.97. The number of phenolic OH excluding ortho intramolecular Hbond substituents is 1. The monoisotopic (exact) mass is 1000 g/mol. The summed E-state index contributed by atoms with van der Waals surface area (Å²) >= 11 is 0. The molecular weight excluding hydrogens is 925 g/mol. The SMILES string of the molecule is CCCCCCCCCCCCCC(=O)N(C)C(CO)C(=O)NC(C)C(=O)NCC(=O)N(C)CC(=O)NC(C)C(=O)NC(Cc1ccc(O)c(-c2ccccc2O[C@H]2O[C@H](C)[C@@H](O)[C@H](O)[C@@H]2O)c1)C(=O)O. The number of hydrogen-bond acceptors (Lipinski definition) is 14. The van der Waals surface area contributed by atoms with Crippen LogP contribution in [0.25, 0.3) is 11.1 Å². The van der Waals surface area contributed by atoms with Crippen LogP contribution in [0, 0.1) is 0 Å². The molecule has 10 N–H and O–H groups in total. The molecule has 2 aromatic rings. The van der Waals surface area contributed by atoms with E-state index in [2.05, 4.69) is 28.2 Å². The highest BCUT2D eigenvalue weighted by Gasteiger charge is 2.43. The number of para-hydroxylation sites is 1. The lowest BCUT2D eigenvalue weighted by Gasteiger charge is -2.39. The van der Waals surface area contributed by atoms with Gasteiger partial charge in [0.1, 0.15) is 54.0 Å². The molecule has 4 unspecified atom stereocenters. The molecule has 0 radical (unpaired) electrons. The van der Waals surface area contributed by atoms with Crippen molar-refractivity contribution in [3.63, 3.8) is 0 Å². The van der Waals surface area contributed by atoms with Gasteiger partial charge in [-0.3, -0.25) is 28.8 Å². The Bertz CT molecular complexity index is 2070. The van der Waals surface area contributed by atoms with Crippen molar-refractivity contribution in [1.82, 2.24) is 31.1 Å². The average molecular weight is 1000 g/mol. The van der Waals surface area contributed by atoms with Crippen LogP contribution in [-0.4, -0.2) is 171 Å². The summed E-state index contributed by atoms with van der Waals surface area (Å²) in [6.07, 6.45) is 5.50. The second kappa shape index (κ2) is 30.1. The van der Waals surface area contributed by atoms with E-state index in [1.54, 1.807) is 18.2 Å². The molecule has 2 aromatic carbocycles. The van der Waals surface area contributed by atoms with Gasteiger partial charge in [-0.15, -0.1) is 0 Å². The molecule has 9 atom stereocenters. The fourth-order valence-corrected chi connectivity index (χ4v) is 7.84. The standard InChI is InChI=1S/C50H76N6O15/c1-7-8-9-10-11-12-13-14-15-16-17-22-41(60)56(6)37(29-57)48(67)53-30(2)46(65)51-27-42(61)55(5)28-40(59)52-31(3)47(66)54-36(49(68)69)26-33-23-24-38(58)35(25-33)34-20-18-19-21-39(34)71-50-45(64)44(63)43(62)32(4)70-50/h18-21,23-25,30-32,36-37,43-45,50,57-58,62-64H,7-17,22,26-29H2,1-6H3,(H,51,65)(H,52,59)(H,53,67)(H,54,66)(H,68,69)/t30?,31?,32-,36?,37?,43-,44+,45+,50-/m1/s1. The summed E-state index contributed by atoms with van der Waals surface area (Å²) in [7, 11) is 2.69. The predicted molar refractivity (Wildman–Crippen MR) is 260 cm³/mol. The number of carbonyl (C=O) groups is 7. The minimum absolute atomic E-state index is 0.122. The van der Waals surface area contributed by atoms with Gasteiger partial charge in [0.2, 0.25) is 41.7 Å². The minimum Gasteiger partial charge on any atom is -0.507 e. The van der Waals surface area contributed by atoms with E-state index in [1.807, 2.05) is 0 Å². The van der Waals surface area contributed by atoms with E-state index in [0.717, 1.165) is 29.1 Å². The number of carbonyl (C=O) groups excluding carboxylic acids is 6. The number of nitrogens with one attached hydrogen (secondary N) is 4. The molecule has 396 valence electrons. The summed E-state index contributed by atoms with van der Waals surface area (Å²) in [6, 6.07) is 5.44. The van der Waals surface area contributed by atoms with Gasteiger partial charge in [-0.05, 0) is 51.0 Å². The molecule has 1 fully saturated rings. The number of likely N-dealkylation sites (N-methyl/N-ethyl adjacent to an activating group) is 2. The van der Waals surface area contributed by atoms with Gasteiger partial charge in [-0.2, -0.15) is 0 Å². The molecular formula is C50H76N6O15. The number of aliphatic hydroxyl groups is 4. The quantitative estimate of drug-likeness (QED) is 0.0496. The second-order valence-corrected chi connectivity index (χ2v) is 18.2. The number of ether oxygens (including phenoxy) is 2. The maximum atomic E-state index is 13.1. The number of aliphatic carboxylic acids is 1. The lowest BCUT2D eigenvalue weighted by molar-refractivity contribution is -0.268. The summed E-state index contributed by atoms with van der Waals surface area (Å²) < 4.78 is 11.4. The Morgan fingerprint density at radius 1 is 0.732 bits per heavy atom. The van der Waals surface area contributed by atoms with Crippen LogP contribution in [0.5, 0.6) is 11.5 Å². The number of unbranched alkanes of at least 4 members (excludes halogenated alkanes) is 10. The van der Waals surface area contributed by atoms with Gasteiger partial charge in [0.15, 0.2) is 0 Å². The van der Waals surface area contributed by atoms with Crippen LogP contribution < -0.4 is 26.0 Å². The first-order valence-corrected chi connectivity index (χ1v) is 24.5. The number of benzene rings is 2. The molecule has 0 aliphatic carbocycles. The molecule has 1 aliphatic heterocycles. The molecule has 0 spiro atoms. The Morgan fingerprint density at radius 3 is 1.96 bits per heavy atom. The van der Waals surface area contributed by atoms with Crippen LogP contribution in [0.3, 0.4) is 0 Å². The van der Waals surface area contributed by atoms with Crippen molar-refractivity contribution in [3.8, 4) is 22.6 Å². The van der Waals surface area contributed by atoms with Crippen molar-refractivity contribution in [2.24, 2.45) is 0 Å². The summed E-state index contributed by atoms with van der Waals surface area (Å²) in [4.78, 5) is 91.9. The van der Waals surface area contributed by atoms with Crippen molar-refractivity contribution >= 4 is 41.4 Å². The van der Waals surface area contributed by atoms with E-state index in [9.17, 15) is 64.2 Å². The smallest absolute Gasteiger partial charge is 0.326 e. The van der Waals surface area contributed by atoms with E-state index in [4.69, 9.17) is 9.47 Å². The Labute approximate surface area is 415 Å². The van der Waals surface area contributed by atoms with Crippen LogP contribution in [0.4, 0.5) is 0 Å². The largest absolute Gasteiger partial charge is 0.507 e. The van der Waals surface area contributed by atoms with E-state index in [1.165, 1.54) is 104 Å². The Balaban J connectivity index is 1.45. The first-order chi connectivity index (χ1) is 33.7. The highest BCUT2D eigenvalue weighted by molar-refractivity contribution is 5.94. The Kier molecular flexibility index (Phi) is 25.2. The normalized spacial score (nSPS) is 19.3. The Hall–Kier alpha value is -5.87. The first kappa shape index (κ1) is 59.4. The summed E-state index contributed by atoms with van der Waals surface area (Å²) in [5.41, 5.74) is 0.865. The number of nitrogens with zero attached hydrogens (tertiary/aromatic N) is 2. The van der Waals surface area contributed by atoms with Gasteiger partial charge >= 0.3 is 5.97 Å². The van der Waals surface area contributed by atoms with Gasteiger partial charge < -0.3 is 71.2 Å². The minimum atomic E-state index is -1.61. The van der Waals surface area contributed by atoms with E-state index < -0.39 is 110 Å². The van der Waals surface area contributed by atoms with Crippen molar-refractivity contribution in [1.29, 1.82) is 0 Å². The maximum Gasteiger partial charge on any atom is 0.326 e. The average Bonchev–Trinajstić information content (AvgIpc) is 3.33. The van der Waals surface area contributed by atoms with Crippen LogP contribution in [0.2, 0.25) is 0 Å². The van der Waals surface area contributed by atoms with Crippen LogP contribution in [0.15, 0.2) is 42.5 Å². The van der Waals surface area contributed by atoms with Gasteiger partial charge in [-0.25, -0.2) is 4.79 Å². The zero-order chi connectivity index (χ0) is 52.8. The van der Waals surface area contributed by atoms with Gasteiger partial charge in [0.05, 0.1) is 25.8 Å². The van der Waals surface area contributed by atoms with E-state index in [-0.39, 0.29) is 35.8 Å². The van der Waals surface area contributed by atoms with Crippen LogP contribution >= 0.6 is 0 Å².